The van der Waals surface area contributed by atoms with Crippen LogP contribution in [0.4, 0.5) is 0 Å². The van der Waals surface area contributed by atoms with Crippen LogP contribution in [0, 0.1) is 0 Å². The van der Waals surface area contributed by atoms with Crippen LogP contribution in [-0.4, -0.2) is 58.1 Å². The van der Waals surface area contributed by atoms with Gasteiger partial charge in [0.25, 0.3) is 5.56 Å². The number of hydrogen-bond donors (Lipinski definition) is 1. The molecule has 0 amide bonds. The molecule has 0 bridgehead atoms. The molecule has 0 saturated carbocycles. The number of aromatic nitrogens is 4. The zero-order valence-electron chi connectivity index (χ0n) is 20.9. The summed E-state index contributed by atoms with van der Waals surface area (Å²) in [5, 5.41) is 3.73. The predicted octanol–water partition coefficient (Wildman–Crippen LogP) is 2.86. The lowest BCUT2D eigenvalue weighted by molar-refractivity contribution is -0.0484. The largest absolute Gasteiger partial charge is 0.486 e. The van der Waals surface area contributed by atoms with Gasteiger partial charge in [-0.05, 0) is 31.7 Å². The van der Waals surface area contributed by atoms with Crippen molar-refractivity contribution in [3.8, 4) is 17.4 Å². The highest BCUT2D eigenvalue weighted by molar-refractivity contribution is 5.70. The fourth-order valence-corrected chi connectivity index (χ4v) is 4.99. The number of pyridine rings is 2. The molecule has 1 saturated heterocycles. The van der Waals surface area contributed by atoms with Gasteiger partial charge in [-0.2, -0.15) is 4.98 Å². The zero-order valence-corrected chi connectivity index (χ0v) is 20.9. The van der Waals surface area contributed by atoms with E-state index < -0.39 is 0 Å². The van der Waals surface area contributed by atoms with Crippen LogP contribution in [0.25, 0.3) is 11.2 Å². The number of fused-ring (bicyclic) bond motifs is 2. The summed E-state index contributed by atoms with van der Waals surface area (Å²) < 4.78 is 24.5. The van der Waals surface area contributed by atoms with Gasteiger partial charge in [0.05, 0.1) is 37.9 Å². The molecule has 3 aromatic rings. The van der Waals surface area contributed by atoms with Crippen molar-refractivity contribution in [3.63, 3.8) is 0 Å². The molecule has 5 rings (SSSR count). The summed E-state index contributed by atoms with van der Waals surface area (Å²) in [5.74, 6) is 1.91. The number of rotatable bonds is 9. The van der Waals surface area contributed by atoms with E-state index in [4.69, 9.17) is 18.9 Å². The average molecular weight is 496 g/mol. The molecule has 1 fully saturated rings. The minimum absolute atomic E-state index is 0.0740. The van der Waals surface area contributed by atoms with E-state index in [1.807, 2.05) is 12.1 Å². The SMILES string of the molecule is CCCC1(NCc2cc3c(cn2)OCCO3)CCC(CCn2c(=O)cnc3ccc(OC)nc32)OC1. The minimum Gasteiger partial charge on any atom is -0.486 e. The maximum atomic E-state index is 12.5. The van der Waals surface area contributed by atoms with Crippen LogP contribution in [-0.2, 0) is 17.8 Å². The number of ether oxygens (including phenoxy) is 4. The van der Waals surface area contributed by atoms with Crippen LogP contribution in [0.5, 0.6) is 17.4 Å². The van der Waals surface area contributed by atoms with Gasteiger partial charge in [-0.15, -0.1) is 0 Å². The monoisotopic (exact) mass is 495 g/mol. The Morgan fingerprint density at radius 3 is 2.83 bits per heavy atom. The summed E-state index contributed by atoms with van der Waals surface area (Å²) >= 11 is 0. The lowest BCUT2D eigenvalue weighted by Gasteiger charge is -2.41. The molecule has 10 heteroatoms. The first-order chi connectivity index (χ1) is 17.6. The summed E-state index contributed by atoms with van der Waals surface area (Å²) in [6, 6.07) is 5.51. The topological polar surface area (TPSA) is 110 Å². The molecular weight excluding hydrogens is 462 g/mol. The Morgan fingerprint density at radius 2 is 2.06 bits per heavy atom. The Kier molecular flexibility index (Phi) is 7.33. The number of aryl methyl sites for hydroxylation is 1. The molecule has 0 spiro atoms. The molecule has 1 N–H and O–H groups in total. The van der Waals surface area contributed by atoms with Crippen molar-refractivity contribution in [3.05, 3.63) is 46.6 Å². The molecule has 2 atom stereocenters. The predicted molar refractivity (Wildman–Crippen MR) is 134 cm³/mol. The zero-order chi connectivity index (χ0) is 25.0. The Bertz CT molecular complexity index is 1260. The fourth-order valence-electron chi connectivity index (χ4n) is 4.99. The van der Waals surface area contributed by atoms with Crippen molar-refractivity contribution in [2.75, 3.05) is 26.9 Å². The first-order valence-corrected chi connectivity index (χ1v) is 12.6. The summed E-state index contributed by atoms with van der Waals surface area (Å²) in [6.07, 6.45) is 7.86. The van der Waals surface area contributed by atoms with E-state index in [1.54, 1.807) is 23.9 Å². The Hall–Kier alpha value is -3.24. The van der Waals surface area contributed by atoms with Gasteiger partial charge < -0.3 is 24.3 Å². The van der Waals surface area contributed by atoms with Crippen molar-refractivity contribution < 1.29 is 18.9 Å². The summed E-state index contributed by atoms with van der Waals surface area (Å²) in [5.41, 5.74) is 1.84. The van der Waals surface area contributed by atoms with E-state index in [0.29, 0.717) is 55.7 Å². The van der Waals surface area contributed by atoms with Crippen molar-refractivity contribution >= 4 is 11.2 Å². The third-order valence-electron chi connectivity index (χ3n) is 6.95. The molecule has 2 aliphatic heterocycles. The second kappa shape index (κ2) is 10.8. The second-order valence-corrected chi connectivity index (χ2v) is 9.41. The molecule has 2 aliphatic rings. The molecule has 0 aromatic carbocycles. The van der Waals surface area contributed by atoms with E-state index in [-0.39, 0.29) is 17.2 Å². The number of nitrogens with one attached hydrogen (secondary N) is 1. The van der Waals surface area contributed by atoms with Crippen molar-refractivity contribution in [1.29, 1.82) is 0 Å². The quantitative estimate of drug-likeness (QED) is 0.479. The summed E-state index contributed by atoms with van der Waals surface area (Å²) in [4.78, 5) is 25.7. The molecule has 0 aliphatic carbocycles. The standard InChI is InChI=1S/C26H33N5O5/c1-3-8-26(29-14-18-13-21-22(15-27-18)35-12-11-34-21)9-6-19(36-17-26)7-10-31-24(32)16-28-20-4-5-23(33-2)30-25(20)31/h4-5,13,15-16,19,29H,3,6-12,14,17H2,1-2H3. The summed E-state index contributed by atoms with van der Waals surface area (Å²) in [7, 11) is 1.56. The molecule has 0 radical (unpaired) electrons. The highest BCUT2D eigenvalue weighted by Crippen LogP contribution is 2.31. The Labute approximate surface area is 210 Å². The van der Waals surface area contributed by atoms with Gasteiger partial charge in [0.2, 0.25) is 5.88 Å². The Morgan fingerprint density at radius 1 is 1.19 bits per heavy atom. The van der Waals surface area contributed by atoms with E-state index >= 15 is 0 Å². The Balaban J connectivity index is 1.21. The van der Waals surface area contributed by atoms with Gasteiger partial charge in [0.1, 0.15) is 18.7 Å². The van der Waals surface area contributed by atoms with Crippen molar-refractivity contribution in [2.24, 2.45) is 0 Å². The van der Waals surface area contributed by atoms with Crippen LogP contribution >= 0.6 is 0 Å². The number of nitrogens with zero attached hydrogens (tertiary/aromatic N) is 4. The normalized spacial score (nSPS) is 21.4. The van der Waals surface area contributed by atoms with Crippen LogP contribution in [0.1, 0.15) is 44.7 Å². The smallest absolute Gasteiger partial charge is 0.270 e. The molecule has 5 heterocycles. The number of methoxy groups -OCH3 is 1. The maximum Gasteiger partial charge on any atom is 0.270 e. The van der Waals surface area contributed by atoms with Crippen LogP contribution in [0.15, 0.2) is 35.4 Å². The van der Waals surface area contributed by atoms with Crippen LogP contribution in [0.2, 0.25) is 0 Å². The average Bonchev–Trinajstić information content (AvgIpc) is 2.92. The highest BCUT2D eigenvalue weighted by Gasteiger charge is 2.35. The molecule has 2 unspecified atom stereocenters. The fraction of sp³-hybridized carbons (Fsp3) is 0.538. The van der Waals surface area contributed by atoms with Gasteiger partial charge >= 0.3 is 0 Å². The van der Waals surface area contributed by atoms with Crippen molar-refractivity contribution in [2.45, 2.75) is 63.8 Å². The molecule has 192 valence electrons. The van der Waals surface area contributed by atoms with Crippen molar-refractivity contribution in [1.82, 2.24) is 24.8 Å². The first-order valence-electron chi connectivity index (χ1n) is 12.6. The van der Waals surface area contributed by atoms with Gasteiger partial charge in [0, 0.05) is 30.8 Å². The molecule has 3 aromatic heterocycles. The lowest BCUT2D eigenvalue weighted by Crippen LogP contribution is -2.53. The highest BCUT2D eigenvalue weighted by atomic mass is 16.6. The minimum atomic E-state index is -0.173. The lowest BCUT2D eigenvalue weighted by atomic mass is 9.85. The first kappa shape index (κ1) is 24.5. The molecular formula is C26H33N5O5. The second-order valence-electron chi connectivity index (χ2n) is 9.41. The van der Waals surface area contributed by atoms with Gasteiger partial charge in [-0.1, -0.05) is 13.3 Å². The molecule has 10 nitrogen and oxygen atoms in total. The maximum absolute atomic E-state index is 12.5. The van der Waals surface area contributed by atoms with Crippen LogP contribution < -0.4 is 25.1 Å². The van der Waals surface area contributed by atoms with E-state index in [9.17, 15) is 4.79 Å². The summed E-state index contributed by atoms with van der Waals surface area (Å²) in [6.45, 7) is 5.08. The third kappa shape index (κ3) is 5.29. The van der Waals surface area contributed by atoms with Gasteiger partial charge in [0.15, 0.2) is 17.1 Å². The van der Waals surface area contributed by atoms with Gasteiger partial charge in [-0.3, -0.25) is 14.3 Å². The third-order valence-corrected chi connectivity index (χ3v) is 6.95. The molecule has 36 heavy (non-hydrogen) atoms. The number of hydrogen-bond acceptors (Lipinski definition) is 9. The van der Waals surface area contributed by atoms with E-state index in [2.05, 4.69) is 27.2 Å². The van der Waals surface area contributed by atoms with Crippen LogP contribution in [0.3, 0.4) is 0 Å². The van der Waals surface area contributed by atoms with Gasteiger partial charge in [-0.25, -0.2) is 4.98 Å². The van der Waals surface area contributed by atoms with E-state index in [0.717, 1.165) is 43.5 Å². The van der Waals surface area contributed by atoms with E-state index in [1.165, 1.54) is 6.20 Å².